The maximum absolute atomic E-state index is 14.1. The molecule has 0 bridgehead atoms. The molecule has 4 N–H and O–H groups in total. The van der Waals surface area contributed by atoms with Gasteiger partial charge in [-0.3, -0.25) is 19.4 Å². The molecule has 13 heteroatoms. The van der Waals surface area contributed by atoms with Gasteiger partial charge in [-0.2, -0.15) is 0 Å². The first-order chi connectivity index (χ1) is 29.3. The van der Waals surface area contributed by atoms with Crippen molar-refractivity contribution in [2.24, 2.45) is 28.7 Å². The molecule has 3 fully saturated rings. The number of nitrogens with zero attached hydrogens (tertiary/aromatic N) is 2. The first kappa shape index (κ1) is 45.8. The molecule has 3 aromatic carbocycles. The minimum Gasteiger partial charge on any atom is -0.444 e. The van der Waals surface area contributed by atoms with Crippen molar-refractivity contribution >= 4 is 41.3 Å². The molecule has 1 heterocycles. The third-order valence-electron chi connectivity index (χ3n) is 12.0. The Bertz CT molecular complexity index is 2150. The standard InChI is InChI=1S/C49H64N6O7/c1-29-13-14-32(23-38(29)35-11-10-12-36(25-35)44(57)54-42-39-27-55(28-40(39)42)47(60)62-49(6,7)8)24-41(45(58)52-37-21-19-33(20-22-37)30(2)50-9)53-43(56)34-17-15-31(16-18-34)26-51-46(59)61-48(3,4)5/h10-14,19-23,25,31,34,39-42H,15-18,24,26-28H2,1-9H3,(H,51,59)(H,52,58)(H,53,56)(H,54,57)/t31?,34?,39?,40?,41-,42?/m0/s1. The molecule has 0 radical (unpaired) electrons. The van der Waals surface area contributed by atoms with Crippen LogP contribution in [0.4, 0.5) is 15.3 Å². The van der Waals surface area contributed by atoms with Crippen LogP contribution in [0.1, 0.15) is 101 Å². The summed E-state index contributed by atoms with van der Waals surface area (Å²) in [6, 6.07) is 20.1. The molecule has 1 aliphatic heterocycles. The fourth-order valence-corrected chi connectivity index (χ4v) is 8.44. The number of nitrogens with one attached hydrogen (secondary N) is 4. The highest BCUT2D eigenvalue weighted by molar-refractivity contribution is 6.01. The number of carbonyl (C=O) groups is 5. The lowest BCUT2D eigenvalue weighted by Crippen LogP contribution is -2.48. The second-order valence-corrected chi connectivity index (χ2v) is 19.2. The molecule has 5 amide bonds. The second-order valence-electron chi connectivity index (χ2n) is 19.2. The molecule has 6 rings (SSSR count). The Morgan fingerprint density at radius 1 is 0.823 bits per heavy atom. The predicted octanol–water partition coefficient (Wildman–Crippen LogP) is 7.69. The molecule has 2 aliphatic carbocycles. The van der Waals surface area contributed by atoms with Crippen molar-refractivity contribution in [3.8, 4) is 11.1 Å². The number of hydrogen-bond donors (Lipinski definition) is 4. The molecular weight excluding hydrogens is 785 g/mol. The molecule has 3 aromatic rings. The number of carbonyl (C=O) groups excluding carboxylic acids is 5. The van der Waals surface area contributed by atoms with Crippen molar-refractivity contribution in [3.63, 3.8) is 0 Å². The Morgan fingerprint density at radius 2 is 1.48 bits per heavy atom. The third-order valence-corrected chi connectivity index (χ3v) is 12.0. The van der Waals surface area contributed by atoms with E-state index in [1.54, 1.807) is 18.0 Å². The normalized spacial score (nSPS) is 21.5. The molecule has 2 saturated carbocycles. The molecule has 3 aliphatic rings. The van der Waals surface area contributed by atoms with Crippen molar-refractivity contribution in [1.82, 2.24) is 20.9 Å². The van der Waals surface area contributed by atoms with Gasteiger partial charge in [-0.15, -0.1) is 0 Å². The van der Waals surface area contributed by atoms with Crippen molar-refractivity contribution in [2.45, 2.75) is 111 Å². The maximum Gasteiger partial charge on any atom is 0.410 e. The Balaban J connectivity index is 1.12. The Kier molecular flexibility index (Phi) is 14.1. The van der Waals surface area contributed by atoms with E-state index in [-0.39, 0.29) is 59.9 Å². The lowest BCUT2D eigenvalue weighted by Gasteiger charge is -2.29. The average molecular weight is 849 g/mol. The van der Waals surface area contributed by atoms with Crippen LogP contribution in [-0.4, -0.2) is 90.5 Å². The van der Waals surface area contributed by atoms with Gasteiger partial charge in [0.25, 0.3) is 5.91 Å². The summed E-state index contributed by atoms with van der Waals surface area (Å²) >= 11 is 0. The molecule has 332 valence electrons. The van der Waals surface area contributed by atoms with Crippen molar-refractivity contribution in [2.75, 3.05) is 32.0 Å². The van der Waals surface area contributed by atoms with E-state index < -0.39 is 23.3 Å². The van der Waals surface area contributed by atoms with Crippen LogP contribution in [-0.2, 0) is 25.5 Å². The largest absolute Gasteiger partial charge is 0.444 e. The topological polar surface area (TPSA) is 168 Å². The van der Waals surface area contributed by atoms with Gasteiger partial charge in [0.1, 0.15) is 17.2 Å². The number of piperidine rings is 1. The van der Waals surface area contributed by atoms with Crippen LogP contribution in [0.2, 0.25) is 0 Å². The van der Waals surface area contributed by atoms with Gasteiger partial charge >= 0.3 is 12.2 Å². The average Bonchev–Trinajstić information content (AvgIpc) is 3.63. The lowest BCUT2D eigenvalue weighted by molar-refractivity contribution is -0.130. The number of benzene rings is 3. The highest BCUT2D eigenvalue weighted by Gasteiger charge is 2.58. The molecule has 13 nitrogen and oxygen atoms in total. The van der Waals surface area contributed by atoms with Crippen LogP contribution >= 0.6 is 0 Å². The summed E-state index contributed by atoms with van der Waals surface area (Å²) < 4.78 is 10.9. The second kappa shape index (κ2) is 19.1. The number of rotatable bonds is 12. The van der Waals surface area contributed by atoms with E-state index in [0.29, 0.717) is 43.7 Å². The Labute approximate surface area is 366 Å². The highest BCUT2D eigenvalue weighted by atomic mass is 16.6. The fourth-order valence-electron chi connectivity index (χ4n) is 8.44. The number of likely N-dealkylation sites (tertiary alicyclic amines) is 1. The van der Waals surface area contributed by atoms with Crippen LogP contribution in [0.5, 0.6) is 0 Å². The summed E-state index contributed by atoms with van der Waals surface area (Å²) in [5, 5.41) is 12.2. The summed E-state index contributed by atoms with van der Waals surface area (Å²) in [7, 11) is 1.73. The summed E-state index contributed by atoms with van der Waals surface area (Å²) in [4.78, 5) is 72.2. The van der Waals surface area contributed by atoms with Crippen LogP contribution in [0.15, 0.2) is 71.7 Å². The quantitative estimate of drug-likeness (QED) is 0.136. The predicted molar refractivity (Wildman–Crippen MR) is 241 cm³/mol. The van der Waals surface area contributed by atoms with Crippen LogP contribution in [0.3, 0.4) is 0 Å². The lowest BCUT2D eigenvalue weighted by atomic mass is 9.81. The van der Waals surface area contributed by atoms with Crippen molar-refractivity contribution < 1.29 is 33.4 Å². The number of anilines is 1. The van der Waals surface area contributed by atoms with Gasteiger partial charge in [0.2, 0.25) is 11.8 Å². The highest BCUT2D eigenvalue weighted by Crippen LogP contribution is 2.46. The zero-order chi connectivity index (χ0) is 44.9. The van der Waals surface area contributed by atoms with Crippen LogP contribution < -0.4 is 21.3 Å². The van der Waals surface area contributed by atoms with Crippen molar-refractivity contribution in [3.05, 3.63) is 89.0 Å². The smallest absolute Gasteiger partial charge is 0.410 e. The molecule has 0 spiro atoms. The van der Waals surface area contributed by atoms with Gasteiger partial charge in [-0.25, -0.2) is 9.59 Å². The van der Waals surface area contributed by atoms with E-state index in [0.717, 1.165) is 46.4 Å². The Morgan fingerprint density at radius 3 is 2.11 bits per heavy atom. The number of amides is 5. The van der Waals surface area contributed by atoms with Crippen LogP contribution in [0.25, 0.3) is 11.1 Å². The van der Waals surface area contributed by atoms with Gasteiger partial charge in [0.05, 0.1) is 0 Å². The summed E-state index contributed by atoms with van der Waals surface area (Å²) in [5.41, 5.74) is 5.45. The minimum atomic E-state index is -0.871. The number of ether oxygens (including phenoxy) is 2. The summed E-state index contributed by atoms with van der Waals surface area (Å²) in [6.45, 7) is 16.6. The number of aryl methyl sites for hydroxylation is 1. The molecule has 3 atom stereocenters. The molecule has 62 heavy (non-hydrogen) atoms. The van der Waals surface area contributed by atoms with E-state index in [1.165, 1.54) is 0 Å². The van der Waals surface area contributed by atoms with Gasteiger partial charge in [-0.05, 0) is 139 Å². The van der Waals surface area contributed by atoms with E-state index in [4.69, 9.17) is 9.47 Å². The number of fused-ring (bicyclic) bond motifs is 1. The van der Waals surface area contributed by atoms with E-state index in [1.807, 2.05) is 116 Å². The van der Waals surface area contributed by atoms with Gasteiger partial charge < -0.3 is 35.6 Å². The van der Waals surface area contributed by atoms with Crippen LogP contribution in [0, 0.1) is 30.6 Å². The minimum absolute atomic E-state index is 0.0108. The zero-order valence-corrected chi connectivity index (χ0v) is 37.7. The molecule has 0 aromatic heterocycles. The Hall–Kier alpha value is -5.72. The van der Waals surface area contributed by atoms with E-state index in [9.17, 15) is 24.0 Å². The van der Waals surface area contributed by atoms with Gasteiger partial charge in [-0.1, -0.05) is 42.5 Å². The van der Waals surface area contributed by atoms with E-state index >= 15 is 0 Å². The number of aliphatic imine (C=N–C) groups is 1. The number of alkyl carbamates (subject to hydrolysis) is 1. The molecular formula is C49H64N6O7. The first-order valence-corrected chi connectivity index (χ1v) is 21.9. The monoisotopic (exact) mass is 848 g/mol. The van der Waals surface area contributed by atoms with E-state index in [2.05, 4.69) is 26.3 Å². The fraction of sp³-hybridized carbons (Fsp3) is 0.510. The number of hydrogen-bond acceptors (Lipinski definition) is 8. The van der Waals surface area contributed by atoms with Gasteiger partial charge in [0.15, 0.2) is 0 Å². The SMILES string of the molecule is CN=C(C)c1ccc(NC(=O)[C@H](Cc2ccc(C)c(-c3cccc(C(=O)NC4C5CN(C(=O)OC(C)(C)C)CC54)c3)c2)NC(=O)C2CCC(CNC(=O)OC(C)(C)C)CC2)cc1. The summed E-state index contributed by atoms with van der Waals surface area (Å²) in [6.07, 6.45) is 2.30. The molecule has 2 unspecified atom stereocenters. The third kappa shape index (κ3) is 12.2. The van der Waals surface area contributed by atoms with Gasteiger partial charge in [0, 0.05) is 73.9 Å². The first-order valence-electron chi connectivity index (χ1n) is 21.9. The molecule has 1 saturated heterocycles. The van der Waals surface area contributed by atoms with Crippen molar-refractivity contribution in [1.29, 1.82) is 0 Å². The maximum atomic E-state index is 14.1. The summed E-state index contributed by atoms with van der Waals surface area (Å²) in [5.74, 6) is -0.278. The zero-order valence-electron chi connectivity index (χ0n) is 37.7.